The minimum absolute atomic E-state index is 0.0617. The van der Waals surface area contributed by atoms with Gasteiger partial charge in [0.15, 0.2) is 0 Å². The molecule has 138 valence electrons. The van der Waals surface area contributed by atoms with Gasteiger partial charge in [0.2, 0.25) is 5.91 Å². The van der Waals surface area contributed by atoms with Crippen molar-refractivity contribution in [3.05, 3.63) is 70.3 Å². The quantitative estimate of drug-likeness (QED) is 0.618. The van der Waals surface area contributed by atoms with Crippen LogP contribution in [0.5, 0.6) is 0 Å². The average Bonchev–Trinajstić information content (AvgIpc) is 2.56. The Morgan fingerprint density at radius 1 is 1.27 bits per heavy atom. The summed E-state index contributed by atoms with van der Waals surface area (Å²) in [5.74, 6) is -0.469. The number of hydrogen-bond acceptors (Lipinski definition) is 3. The van der Waals surface area contributed by atoms with E-state index in [-0.39, 0.29) is 6.42 Å². The van der Waals surface area contributed by atoms with Crippen molar-refractivity contribution in [2.45, 2.75) is 32.5 Å². The topological polar surface area (TPSA) is 64.7 Å². The second kappa shape index (κ2) is 8.03. The number of halogens is 3. The Morgan fingerprint density at radius 3 is 2.62 bits per heavy atom. The first-order chi connectivity index (χ1) is 12.2. The smallest absolute Gasteiger partial charge is 0.388 e. The number of alkyl halides is 3. The van der Waals surface area contributed by atoms with E-state index >= 15 is 0 Å². The van der Waals surface area contributed by atoms with Crippen LogP contribution in [0, 0.1) is 6.92 Å². The van der Waals surface area contributed by atoms with E-state index in [1.165, 1.54) is 12.3 Å². The molecule has 0 saturated carbocycles. The first-order valence-corrected chi connectivity index (χ1v) is 7.91. The summed E-state index contributed by atoms with van der Waals surface area (Å²) in [7, 11) is 0. The molecule has 0 heterocycles. The van der Waals surface area contributed by atoms with Gasteiger partial charge in [-0.15, -0.1) is 0 Å². The van der Waals surface area contributed by atoms with Gasteiger partial charge in [-0.3, -0.25) is 4.79 Å². The number of carbonyl (C=O) groups is 1. The summed E-state index contributed by atoms with van der Waals surface area (Å²) in [5.41, 5.74) is 7.14. The molecule has 1 atom stereocenters. The largest absolute Gasteiger partial charge is 0.416 e. The van der Waals surface area contributed by atoms with Crippen LogP contribution in [0.2, 0.25) is 0 Å². The van der Waals surface area contributed by atoms with Gasteiger partial charge < -0.3 is 10.6 Å². The molecule has 1 unspecified atom stereocenters. The molecule has 0 aliphatic carbocycles. The van der Waals surface area contributed by atoms with Crippen molar-refractivity contribution in [1.82, 2.24) is 0 Å². The van der Waals surface area contributed by atoms with Gasteiger partial charge >= 0.3 is 6.18 Å². The average molecular weight is 364 g/mol. The number of rotatable bonds is 6. The summed E-state index contributed by atoms with van der Waals surface area (Å²) < 4.78 is 38.4. The van der Waals surface area contributed by atoms with Crippen molar-refractivity contribution in [2.24, 2.45) is 10.9 Å². The molecule has 1 amide bonds. The van der Waals surface area contributed by atoms with Crippen LogP contribution in [-0.2, 0) is 22.2 Å². The molecule has 0 bridgehead atoms. The molecule has 0 fully saturated rings. The van der Waals surface area contributed by atoms with Crippen LogP contribution in [0.3, 0.4) is 0 Å². The fraction of sp³-hybridized carbons (Fsp3) is 0.263. The highest BCUT2D eigenvalue weighted by Gasteiger charge is 2.30. The first kappa shape index (κ1) is 19.5. The van der Waals surface area contributed by atoms with Gasteiger partial charge in [-0.25, -0.2) is 0 Å². The molecule has 0 saturated heterocycles. The van der Waals surface area contributed by atoms with Crippen LogP contribution in [-0.4, -0.2) is 12.1 Å². The maximum Gasteiger partial charge on any atom is 0.416 e. The van der Waals surface area contributed by atoms with E-state index in [1.54, 1.807) is 25.1 Å². The Bertz CT molecular complexity index is 817. The number of carbonyl (C=O) groups excluding carboxylic acids is 1. The monoisotopic (exact) mass is 364 g/mol. The lowest BCUT2D eigenvalue weighted by molar-refractivity contribution is -0.137. The number of nitrogens with two attached hydrogens (primary N) is 1. The van der Waals surface area contributed by atoms with Crippen LogP contribution in [0.4, 0.5) is 13.2 Å². The summed E-state index contributed by atoms with van der Waals surface area (Å²) in [6.07, 6.45) is -3.58. The normalized spacial score (nSPS) is 13.0. The molecular formula is C19H19F3N2O2. The maximum absolute atomic E-state index is 12.8. The van der Waals surface area contributed by atoms with E-state index in [2.05, 4.69) is 5.16 Å². The zero-order valence-electron chi connectivity index (χ0n) is 14.4. The van der Waals surface area contributed by atoms with Crippen LogP contribution in [0.15, 0.2) is 47.6 Å². The number of hydrogen-bond donors (Lipinski definition) is 1. The van der Waals surface area contributed by atoms with Crippen LogP contribution < -0.4 is 5.73 Å². The predicted molar refractivity (Wildman–Crippen MR) is 92.6 cm³/mol. The molecule has 2 aromatic carbocycles. The van der Waals surface area contributed by atoms with Gasteiger partial charge in [0, 0.05) is 5.56 Å². The Balaban J connectivity index is 2.15. The lowest BCUT2D eigenvalue weighted by Crippen LogP contribution is -2.15. The number of amides is 1. The van der Waals surface area contributed by atoms with Crippen LogP contribution in [0.25, 0.3) is 0 Å². The minimum atomic E-state index is -4.41. The van der Waals surface area contributed by atoms with Gasteiger partial charge in [0.1, 0.15) is 6.10 Å². The third-order valence-corrected chi connectivity index (χ3v) is 3.86. The van der Waals surface area contributed by atoms with E-state index in [0.29, 0.717) is 16.7 Å². The van der Waals surface area contributed by atoms with Crippen LogP contribution in [0.1, 0.15) is 40.8 Å². The summed E-state index contributed by atoms with van der Waals surface area (Å²) >= 11 is 0. The molecule has 0 radical (unpaired) electrons. The molecule has 0 aliphatic heterocycles. The Hall–Kier alpha value is -2.83. The van der Waals surface area contributed by atoms with Crippen molar-refractivity contribution in [1.29, 1.82) is 0 Å². The highest BCUT2D eigenvalue weighted by Crippen LogP contribution is 2.31. The second-order valence-electron chi connectivity index (χ2n) is 5.90. The molecule has 2 rings (SSSR count). The summed E-state index contributed by atoms with van der Waals surface area (Å²) in [6, 6.07) is 10.3. The molecule has 4 nitrogen and oxygen atoms in total. The van der Waals surface area contributed by atoms with Gasteiger partial charge in [0.25, 0.3) is 0 Å². The standard InChI is InChI=1S/C19H19F3N2O2/c1-12-5-3-7-15(10-18(23)25)17(12)11-24-26-13(2)14-6-4-8-16(9-14)19(20,21)22/h3-9,11,13H,10H2,1-2H3,(H2,23,25). The van der Waals surface area contributed by atoms with Gasteiger partial charge in [0.05, 0.1) is 18.2 Å². The van der Waals surface area contributed by atoms with E-state index in [4.69, 9.17) is 10.6 Å². The highest BCUT2D eigenvalue weighted by atomic mass is 19.4. The summed E-state index contributed by atoms with van der Waals surface area (Å²) in [6.45, 7) is 3.46. The third-order valence-electron chi connectivity index (χ3n) is 3.86. The zero-order valence-corrected chi connectivity index (χ0v) is 14.4. The lowest BCUT2D eigenvalue weighted by atomic mass is 10.0. The van der Waals surface area contributed by atoms with Gasteiger partial charge in [-0.1, -0.05) is 35.5 Å². The highest BCUT2D eigenvalue weighted by molar-refractivity contribution is 5.87. The zero-order chi connectivity index (χ0) is 19.3. The number of aryl methyl sites for hydroxylation is 1. The van der Waals surface area contributed by atoms with Crippen molar-refractivity contribution in [3.63, 3.8) is 0 Å². The maximum atomic E-state index is 12.8. The third kappa shape index (κ3) is 5.08. The summed E-state index contributed by atoms with van der Waals surface area (Å²) in [4.78, 5) is 16.5. The second-order valence-corrected chi connectivity index (χ2v) is 5.90. The van der Waals surface area contributed by atoms with Gasteiger partial charge in [-0.2, -0.15) is 13.2 Å². The molecule has 0 aliphatic rings. The minimum Gasteiger partial charge on any atom is -0.388 e. The van der Waals surface area contributed by atoms with Crippen molar-refractivity contribution >= 4 is 12.1 Å². The van der Waals surface area contributed by atoms with Crippen molar-refractivity contribution in [2.75, 3.05) is 0 Å². The SMILES string of the molecule is Cc1cccc(CC(N)=O)c1C=NOC(C)c1cccc(C(F)(F)F)c1. The van der Waals surface area contributed by atoms with E-state index in [1.807, 2.05) is 13.0 Å². The molecule has 2 aromatic rings. The Labute approximate surface area is 149 Å². The van der Waals surface area contributed by atoms with Gasteiger partial charge in [-0.05, 0) is 42.7 Å². The summed E-state index contributed by atoms with van der Waals surface area (Å²) in [5, 5.41) is 3.88. The molecule has 2 N–H and O–H groups in total. The number of oxime groups is 1. The fourth-order valence-electron chi connectivity index (χ4n) is 2.47. The fourth-order valence-corrected chi connectivity index (χ4v) is 2.47. The lowest BCUT2D eigenvalue weighted by Gasteiger charge is -2.13. The molecule has 0 aromatic heterocycles. The molecule has 0 spiro atoms. The molecular weight excluding hydrogens is 345 g/mol. The van der Waals surface area contributed by atoms with Crippen molar-refractivity contribution < 1.29 is 22.8 Å². The Morgan fingerprint density at radius 2 is 1.96 bits per heavy atom. The predicted octanol–water partition coefficient (Wildman–Crippen LogP) is 4.15. The van der Waals surface area contributed by atoms with Crippen LogP contribution >= 0.6 is 0 Å². The molecule has 7 heteroatoms. The van der Waals surface area contributed by atoms with E-state index < -0.39 is 23.8 Å². The number of nitrogens with zero attached hydrogens (tertiary/aromatic N) is 1. The van der Waals surface area contributed by atoms with E-state index in [9.17, 15) is 18.0 Å². The van der Waals surface area contributed by atoms with Crippen molar-refractivity contribution in [3.8, 4) is 0 Å². The molecule has 26 heavy (non-hydrogen) atoms. The Kier molecular flexibility index (Phi) is 6.02. The number of primary amides is 1. The first-order valence-electron chi connectivity index (χ1n) is 7.91. The van der Waals surface area contributed by atoms with E-state index in [0.717, 1.165) is 17.7 Å². The number of benzene rings is 2.